The van der Waals surface area contributed by atoms with Gasteiger partial charge in [-0.15, -0.1) is 11.3 Å². The predicted molar refractivity (Wildman–Crippen MR) is 109 cm³/mol. The van der Waals surface area contributed by atoms with Crippen LogP contribution in [0.4, 0.5) is 5.00 Å². The van der Waals surface area contributed by atoms with Crippen molar-refractivity contribution in [1.82, 2.24) is 4.90 Å². The van der Waals surface area contributed by atoms with Gasteiger partial charge >= 0.3 is 5.97 Å². The Morgan fingerprint density at radius 2 is 1.83 bits per heavy atom. The Hall–Kier alpha value is -3.51. The lowest BCUT2D eigenvalue weighted by Gasteiger charge is -2.13. The van der Waals surface area contributed by atoms with E-state index in [9.17, 15) is 24.4 Å². The van der Waals surface area contributed by atoms with E-state index < -0.39 is 11.9 Å². The fraction of sp³-hybridized carbons (Fsp3) is 0.286. The lowest BCUT2D eigenvalue weighted by atomic mass is 10.1. The van der Waals surface area contributed by atoms with Crippen LogP contribution in [0.5, 0.6) is 0 Å². The molecule has 0 aliphatic carbocycles. The number of nitriles is 1. The van der Waals surface area contributed by atoms with Crippen LogP contribution in [-0.2, 0) is 20.9 Å². The molecule has 1 aliphatic heterocycles. The van der Waals surface area contributed by atoms with E-state index in [0.29, 0.717) is 11.1 Å². The van der Waals surface area contributed by atoms with Crippen molar-refractivity contribution in [2.75, 3.05) is 11.9 Å². The first-order valence-corrected chi connectivity index (χ1v) is 10.1. The van der Waals surface area contributed by atoms with Crippen LogP contribution < -0.4 is 5.32 Å². The number of thiophene rings is 1. The van der Waals surface area contributed by atoms with Gasteiger partial charge in [-0.25, -0.2) is 4.79 Å². The average Bonchev–Trinajstić information content (AvgIpc) is 3.21. The summed E-state index contributed by atoms with van der Waals surface area (Å²) >= 11 is 0.996. The van der Waals surface area contributed by atoms with E-state index in [2.05, 4.69) is 5.32 Å². The van der Waals surface area contributed by atoms with Crippen LogP contribution >= 0.6 is 11.3 Å². The molecule has 3 amide bonds. The number of hydrogen-bond acceptors (Lipinski definition) is 7. The summed E-state index contributed by atoms with van der Waals surface area (Å²) in [5.41, 5.74) is 1.75. The normalized spacial score (nSPS) is 13.3. The second-order valence-corrected chi connectivity index (χ2v) is 7.64. The van der Waals surface area contributed by atoms with Crippen molar-refractivity contribution >= 4 is 40.0 Å². The Bertz CT molecular complexity index is 1050. The summed E-state index contributed by atoms with van der Waals surface area (Å²) in [6, 6.07) is 8.51. The number of nitrogens with one attached hydrogen (secondary N) is 1. The van der Waals surface area contributed by atoms with E-state index in [1.54, 1.807) is 38.1 Å². The summed E-state index contributed by atoms with van der Waals surface area (Å²) in [7, 11) is 0. The molecule has 1 N–H and O–H groups in total. The lowest BCUT2D eigenvalue weighted by molar-refractivity contribution is -0.139. The quantitative estimate of drug-likeness (QED) is 0.562. The van der Waals surface area contributed by atoms with E-state index >= 15 is 0 Å². The Labute approximate surface area is 177 Å². The van der Waals surface area contributed by atoms with Crippen LogP contribution in [-0.4, -0.2) is 35.2 Å². The number of carbonyl (C=O) groups is 4. The van der Waals surface area contributed by atoms with Crippen molar-refractivity contribution in [3.8, 4) is 6.07 Å². The van der Waals surface area contributed by atoms with E-state index in [4.69, 9.17) is 4.74 Å². The standard InChI is InChI=1S/C21H19N3O5S/c1-3-29-21(28)18-12(2)15(10-22)20(30-18)23-19(27)14-6-4-13(5-7-14)11-24-16(25)8-9-17(24)26/h4-7H,3,8-9,11H2,1-2H3,(H,23,27). The molecule has 1 aromatic carbocycles. The van der Waals surface area contributed by atoms with Gasteiger partial charge in [-0.2, -0.15) is 5.26 Å². The summed E-state index contributed by atoms with van der Waals surface area (Å²) in [5, 5.41) is 12.4. The molecule has 1 aliphatic rings. The third kappa shape index (κ3) is 4.23. The first-order chi connectivity index (χ1) is 14.3. The molecule has 0 saturated carbocycles. The minimum atomic E-state index is -0.535. The van der Waals surface area contributed by atoms with Gasteiger partial charge in [0, 0.05) is 18.4 Å². The van der Waals surface area contributed by atoms with Gasteiger partial charge in [0.05, 0.1) is 18.7 Å². The van der Waals surface area contributed by atoms with Gasteiger partial charge in [0.2, 0.25) is 11.8 Å². The number of amides is 3. The smallest absolute Gasteiger partial charge is 0.348 e. The first kappa shape index (κ1) is 21.2. The fourth-order valence-corrected chi connectivity index (χ4v) is 4.09. The number of nitrogens with zero attached hydrogens (tertiary/aromatic N) is 2. The summed E-state index contributed by atoms with van der Waals surface area (Å²) in [4.78, 5) is 49.6. The first-order valence-electron chi connectivity index (χ1n) is 9.29. The second-order valence-electron chi connectivity index (χ2n) is 6.62. The Morgan fingerprint density at radius 1 is 1.20 bits per heavy atom. The van der Waals surface area contributed by atoms with Crippen molar-refractivity contribution in [1.29, 1.82) is 5.26 Å². The van der Waals surface area contributed by atoms with Crippen molar-refractivity contribution in [2.45, 2.75) is 33.2 Å². The highest BCUT2D eigenvalue weighted by Crippen LogP contribution is 2.33. The monoisotopic (exact) mass is 425 g/mol. The van der Waals surface area contributed by atoms with Crippen molar-refractivity contribution in [3.63, 3.8) is 0 Å². The predicted octanol–water partition coefficient (Wildman–Crippen LogP) is 3.01. The molecule has 30 heavy (non-hydrogen) atoms. The number of imide groups is 1. The maximum absolute atomic E-state index is 12.6. The Balaban J connectivity index is 1.74. The maximum atomic E-state index is 12.6. The summed E-state index contributed by atoms with van der Waals surface area (Å²) in [6.45, 7) is 3.70. The maximum Gasteiger partial charge on any atom is 0.348 e. The van der Waals surface area contributed by atoms with Gasteiger partial charge in [-0.1, -0.05) is 12.1 Å². The molecule has 2 aromatic rings. The van der Waals surface area contributed by atoms with Gasteiger partial charge in [-0.05, 0) is 37.1 Å². The summed E-state index contributed by atoms with van der Waals surface area (Å²) < 4.78 is 4.99. The number of rotatable bonds is 6. The van der Waals surface area contributed by atoms with Gasteiger partial charge < -0.3 is 10.1 Å². The highest BCUT2D eigenvalue weighted by Gasteiger charge is 2.28. The fourth-order valence-electron chi connectivity index (χ4n) is 3.05. The van der Waals surface area contributed by atoms with Gasteiger partial charge in [0.1, 0.15) is 15.9 Å². The van der Waals surface area contributed by atoms with E-state index in [0.717, 1.165) is 16.9 Å². The molecule has 1 saturated heterocycles. The molecule has 8 nitrogen and oxygen atoms in total. The lowest BCUT2D eigenvalue weighted by Crippen LogP contribution is -2.28. The molecule has 0 atom stereocenters. The molecule has 9 heteroatoms. The molecule has 1 fully saturated rings. The minimum absolute atomic E-state index is 0.172. The number of carbonyl (C=O) groups excluding carboxylic acids is 4. The van der Waals surface area contributed by atoms with Crippen molar-refractivity contribution < 1.29 is 23.9 Å². The van der Waals surface area contributed by atoms with E-state index in [-0.39, 0.29) is 53.2 Å². The zero-order valence-electron chi connectivity index (χ0n) is 16.5. The third-order valence-electron chi connectivity index (χ3n) is 4.66. The topological polar surface area (TPSA) is 117 Å². The van der Waals surface area contributed by atoms with Crippen LogP contribution in [0.1, 0.15) is 56.5 Å². The van der Waals surface area contributed by atoms with Gasteiger partial charge in [-0.3, -0.25) is 19.3 Å². The van der Waals surface area contributed by atoms with Crippen LogP contribution in [0.3, 0.4) is 0 Å². The highest BCUT2D eigenvalue weighted by molar-refractivity contribution is 7.18. The largest absolute Gasteiger partial charge is 0.462 e. The van der Waals surface area contributed by atoms with Crippen molar-refractivity contribution in [3.05, 3.63) is 51.4 Å². The van der Waals surface area contributed by atoms with Crippen LogP contribution in [0.25, 0.3) is 0 Å². The second kappa shape index (κ2) is 8.88. The SMILES string of the molecule is CCOC(=O)c1sc(NC(=O)c2ccc(CN3C(=O)CCC3=O)cc2)c(C#N)c1C. The summed E-state index contributed by atoms with van der Waals surface area (Å²) in [5.74, 6) is -1.37. The number of benzene rings is 1. The van der Waals surface area contributed by atoms with Crippen LogP contribution in [0, 0.1) is 18.3 Å². The van der Waals surface area contributed by atoms with E-state index in [1.807, 2.05) is 6.07 Å². The highest BCUT2D eigenvalue weighted by atomic mass is 32.1. The van der Waals surface area contributed by atoms with Crippen LogP contribution in [0.15, 0.2) is 24.3 Å². The molecular formula is C21H19N3O5S. The molecule has 0 spiro atoms. The van der Waals surface area contributed by atoms with Crippen LogP contribution in [0.2, 0.25) is 0 Å². The average molecular weight is 425 g/mol. The number of esters is 1. The number of likely N-dealkylation sites (tertiary alicyclic amines) is 1. The minimum Gasteiger partial charge on any atom is -0.462 e. The van der Waals surface area contributed by atoms with Gasteiger partial charge in [0.15, 0.2) is 0 Å². The van der Waals surface area contributed by atoms with Gasteiger partial charge in [0.25, 0.3) is 5.91 Å². The zero-order valence-corrected chi connectivity index (χ0v) is 17.3. The number of hydrogen-bond donors (Lipinski definition) is 1. The number of ether oxygens (including phenoxy) is 1. The Kier molecular flexibility index (Phi) is 6.28. The molecule has 3 rings (SSSR count). The zero-order chi connectivity index (χ0) is 21.8. The molecule has 0 bridgehead atoms. The molecule has 0 unspecified atom stereocenters. The number of anilines is 1. The molecular weight excluding hydrogens is 406 g/mol. The molecule has 0 radical (unpaired) electrons. The molecule has 1 aromatic heterocycles. The molecule has 154 valence electrons. The molecule has 2 heterocycles. The van der Waals surface area contributed by atoms with E-state index in [1.165, 1.54) is 4.90 Å². The third-order valence-corrected chi connectivity index (χ3v) is 5.85. The Morgan fingerprint density at radius 3 is 2.40 bits per heavy atom. The summed E-state index contributed by atoms with van der Waals surface area (Å²) in [6.07, 6.45) is 0.461. The van der Waals surface area contributed by atoms with Crippen molar-refractivity contribution in [2.24, 2.45) is 0 Å².